The first-order valence-corrected chi connectivity index (χ1v) is 5.34. The molecule has 0 spiro atoms. The molecule has 0 aliphatic rings. The van der Waals surface area contributed by atoms with Gasteiger partial charge in [-0.2, -0.15) is 18.9 Å². The van der Waals surface area contributed by atoms with Crippen LogP contribution >= 0.6 is 0 Å². The minimum absolute atomic E-state index is 0.0278. The average Bonchev–Trinajstić information content (AvgIpc) is 2.03. The zero-order chi connectivity index (χ0) is 11.2. The lowest BCUT2D eigenvalue weighted by Crippen LogP contribution is -2.35. The maximum Gasteiger partial charge on any atom is 0.268 e. The molecular formula is C7H11N3O3S. The quantitative estimate of drug-likeness (QED) is 0.496. The van der Waals surface area contributed by atoms with Crippen molar-refractivity contribution in [3.8, 4) is 12.1 Å². The largest absolute Gasteiger partial charge is 0.285 e. The van der Waals surface area contributed by atoms with E-state index in [9.17, 15) is 8.42 Å². The molecule has 0 amide bonds. The van der Waals surface area contributed by atoms with E-state index < -0.39 is 15.4 Å². The summed E-state index contributed by atoms with van der Waals surface area (Å²) < 4.78 is 29.9. The molecule has 0 heterocycles. The third-order valence-electron chi connectivity index (χ3n) is 1.61. The Hall–Kier alpha value is -1.15. The van der Waals surface area contributed by atoms with Gasteiger partial charge in [0.1, 0.15) is 0 Å². The fraction of sp³-hybridized carbons (Fsp3) is 0.714. The minimum Gasteiger partial charge on any atom is -0.285 e. The van der Waals surface area contributed by atoms with Gasteiger partial charge in [0.15, 0.2) is 0 Å². The van der Waals surface area contributed by atoms with Crippen molar-refractivity contribution in [2.45, 2.75) is 12.2 Å². The molecule has 1 unspecified atom stereocenters. The van der Waals surface area contributed by atoms with Crippen LogP contribution in [0.1, 0.15) is 6.92 Å². The van der Waals surface area contributed by atoms with Crippen LogP contribution in [0.15, 0.2) is 0 Å². The molecule has 0 aromatic carbocycles. The molecule has 0 aliphatic carbocycles. The lowest BCUT2D eigenvalue weighted by Gasteiger charge is -2.18. The fourth-order valence-corrected chi connectivity index (χ4v) is 1.24. The molecular weight excluding hydrogens is 206 g/mol. The predicted molar refractivity (Wildman–Crippen MR) is 48.7 cm³/mol. The molecule has 1 atom stereocenters. The van der Waals surface area contributed by atoms with Gasteiger partial charge in [0, 0.05) is 6.54 Å². The molecule has 78 valence electrons. The number of hydrogen-bond acceptors (Lipinski definition) is 5. The Bertz CT molecular complexity index is 335. The van der Waals surface area contributed by atoms with E-state index in [1.165, 1.54) is 11.8 Å². The molecule has 0 bridgehead atoms. The van der Waals surface area contributed by atoms with Crippen LogP contribution < -0.4 is 0 Å². The topological polar surface area (TPSA) is 105 Å². The van der Waals surface area contributed by atoms with Crippen LogP contribution in [0.4, 0.5) is 0 Å². The third-order valence-corrected chi connectivity index (χ3v) is 2.78. The van der Waals surface area contributed by atoms with Gasteiger partial charge in [-0.1, -0.05) is 0 Å². The smallest absolute Gasteiger partial charge is 0.268 e. The SMILES string of the molecule is CC(CN(CC#N)CC#N)S(=O)(=O)O. The predicted octanol–water partition coefficient (Wildman–Crippen LogP) is -0.388. The van der Waals surface area contributed by atoms with Gasteiger partial charge < -0.3 is 0 Å². The van der Waals surface area contributed by atoms with Gasteiger partial charge in [-0.3, -0.25) is 9.45 Å². The van der Waals surface area contributed by atoms with Gasteiger partial charge in [-0.15, -0.1) is 0 Å². The average molecular weight is 217 g/mol. The number of nitriles is 2. The van der Waals surface area contributed by atoms with Crippen molar-refractivity contribution >= 4 is 10.1 Å². The summed E-state index contributed by atoms with van der Waals surface area (Å²) in [6, 6.07) is 3.62. The van der Waals surface area contributed by atoms with Gasteiger partial charge in [0.05, 0.1) is 30.5 Å². The highest BCUT2D eigenvalue weighted by atomic mass is 32.2. The normalized spacial score (nSPS) is 13.2. The summed E-state index contributed by atoms with van der Waals surface area (Å²) in [4.78, 5) is 1.35. The van der Waals surface area contributed by atoms with Crippen molar-refractivity contribution in [2.24, 2.45) is 0 Å². The zero-order valence-electron chi connectivity index (χ0n) is 7.71. The molecule has 7 heteroatoms. The van der Waals surface area contributed by atoms with Crippen LogP contribution in [0.25, 0.3) is 0 Å². The van der Waals surface area contributed by atoms with Crippen molar-refractivity contribution in [1.82, 2.24) is 4.90 Å². The first-order valence-electron chi connectivity index (χ1n) is 3.84. The van der Waals surface area contributed by atoms with Crippen LogP contribution in [-0.2, 0) is 10.1 Å². The van der Waals surface area contributed by atoms with Gasteiger partial charge in [-0.05, 0) is 6.92 Å². The summed E-state index contributed by atoms with van der Waals surface area (Å²) in [6.45, 7) is 1.22. The summed E-state index contributed by atoms with van der Waals surface area (Å²) in [6.07, 6.45) is 0. The number of nitrogens with zero attached hydrogens (tertiary/aromatic N) is 3. The van der Waals surface area contributed by atoms with E-state index in [-0.39, 0.29) is 19.6 Å². The zero-order valence-corrected chi connectivity index (χ0v) is 8.53. The van der Waals surface area contributed by atoms with Crippen molar-refractivity contribution < 1.29 is 13.0 Å². The summed E-state index contributed by atoms with van der Waals surface area (Å²) in [5.41, 5.74) is 0. The van der Waals surface area contributed by atoms with E-state index in [2.05, 4.69) is 0 Å². The molecule has 0 saturated carbocycles. The van der Waals surface area contributed by atoms with Crippen LogP contribution in [0.2, 0.25) is 0 Å². The van der Waals surface area contributed by atoms with Gasteiger partial charge in [0.2, 0.25) is 0 Å². The second-order valence-electron chi connectivity index (χ2n) is 2.81. The summed E-state index contributed by atoms with van der Waals surface area (Å²) in [5.74, 6) is 0. The van der Waals surface area contributed by atoms with Crippen molar-refractivity contribution in [3.63, 3.8) is 0 Å². The Kier molecular flexibility index (Phi) is 5.10. The van der Waals surface area contributed by atoms with Crippen LogP contribution in [0.5, 0.6) is 0 Å². The van der Waals surface area contributed by atoms with E-state index in [0.717, 1.165) is 0 Å². The number of hydrogen-bond donors (Lipinski definition) is 1. The molecule has 0 rings (SSSR count). The van der Waals surface area contributed by atoms with E-state index in [0.29, 0.717) is 0 Å². The van der Waals surface area contributed by atoms with Gasteiger partial charge >= 0.3 is 0 Å². The highest BCUT2D eigenvalue weighted by Gasteiger charge is 2.20. The van der Waals surface area contributed by atoms with Crippen LogP contribution in [0.3, 0.4) is 0 Å². The lowest BCUT2D eigenvalue weighted by atomic mass is 10.4. The molecule has 14 heavy (non-hydrogen) atoms. The fourth-order valence-electron chi connectivity index (χ4n) is 0.843. The maximum absolute atomic E-state index is 10.6. The standard InChI is InChI=1S/C7H11N3O3S/c1-7(14(11,12)13)6-10(4-2-8)5-3-9/h7H,4-6H2,1H3,(H,11,12,13). The maximum atomic E-state index is 10.6. The molecule has 0 aliphatic heterocycles. The second kappa shape index (κ2) is 5.55. The first-order chi connectivity index (χ1) is 6.41. The Morgan fingerprint density at radius 3 is 2.07 bits per heavy atom. The molecule has 0 radical (unpaired) electrons. The van der Waals surface area contributed by atoms with Gasteiger partial charge in [-0.25, -0.2) is 0 Å². The van der Waals surface area contributed by atoms with Crippen LogP contribution in [-0.4, -0.2) is 42.8 Å². The molecule has 0 fully saturated rings. The van der Waals surface area contributed by atoms with Crippen molar-refractivity contribution in [2.75, 3.05) is 19.6 Å². The van der Waals surface area contributed by atoms with E-state index in [1.807, 2.05) is 12.1 Å². The van der Waals surface area contributed by atoms with E-state index in [4.69, 9.17) is 15.1 Å². The first kappa shape index (κ1) is 12.8. The monoisotopic (exact) mass is 217 g/mol. The highest BCUT2D eigenvalue weighted by molar-refractivity contribution is 7.86. The molecule has 6 nitrogen and oxygen atoms in total. The minimum atomic E-state index is -4.10. The number of rotatable bonds is 5. The Balaban J connectivity index is 4.33. The third kappa shape index (κ3) is 4.77. The van der Waals surface area contributed by atoms with Crippen LogP contribution in [0, 0.1) is 22.7 Å². The molecule has 0 aromatic rings. The Morgan fingerprint density at radius 2 is 1.79 bits per heavy atom. The Labute approximate surface area is 83.1 Å². The summed E-state index contributed by atoms with van der Waals surface area (Å²) in [5, 5.41) is 15.7. The summed E-state index contributed by atoms with van der Waals surface area (Å²) in [7, 11) is -4.10. The molecule has 0 aromatic heterocycles. The van der Waals surface area contributed by atoms with Gasteiger partial charge in [0.25, 0.3) is 10.1 Å². The second-order valence-corrected chi connectivity index (χ2v) is 4.65. The highest BCUT2D eigenvalue weighted by Crippen LogP contribution is 2.00. The lowest BCUT2D eigenvalue weighted by molar-refractivity contribution is 0.335. The van der Waals surface area contributed by atoms with E-state index >= 15 is 0 Å². The van der Waals surface area contributed by atoms with Crippen molar-refractivity contribution in [1.29, 1.82) is 10.5 Å². The van der Waals surface area contributed by atoms with Crippen molar-refractivity contribution in [3.05, 3.63) is 0 Å². The summed E-state index contributed by atoms with van der Waals surface area (Å²) >= 11 is 0. The van der Waals surface area contributed by atoms with E-state index in [1.54, 1.807) is 0 Å². The molecule has 0 saturated heterocycles. The Morgan fingerprint density at radius 1 is 1.36 bits per heavy atom. The molecule has 1 N–H and O–H groups in total.